The largest absolute Gasteiger partial charge is 0.277 e. The van der Waals surface area contributed by atoms with E-state index >= 15 is 0 Å². The lowest BCUT2D eigenvalue weighted by Gasteiger charge is -2.05. The number of hydrogen-bond donors (Lipinski definition) is 1. The second-order valence-corrected chi connectivity index (χ2v) is 7.82. The van der Waals surface area contributed by atoms with E-state index in [1.165, 1.54) is 16.9 Å². The molecule has 4 nitrogen and oxygen atoms in total. The minimum atomic E-state index is 0.248. The van der Waals surface area contributed by atoms with Gasteiger partial charge in [0.15, 0.2) is 10.7 Å². The fourth-order valence-electron chi connectivity index (χ4n) is 2.56. The number of aromatic nitrogens is 1. The average molecular weight is 395 g/mol. The molecule has 0 radical (unpaired) electrons. The SMILES string of the molecule is CC(C)Cc1ccc(-c2csc(/C(C#N)=N/Nc3ccc(Cl)cc3)n2)cc1. The first-order chi connectivity index (χ1) is 13.0. The van der Waals surface area contributed by atoms with E-state index in [1.807, 2.05) is 5.38 Å². The number of hydrogen-bond acceptors (Lipinski definition) is 5. The normalized spacial score (nSPS) is 11.4. The molecular formula is C21H19ClN4S. The number of anilines is 1. The van der Waals surface area contributed by atoms with Gasteiger partial charge in [0.2, 0.25) is 0 Å². The van der Waals surface area contributed by atoms with Gasteiger partial charge in [0.1, 0.15) is 6.07 Å². The molecule has 0 unspecified atom stereocenters. The predicted molar refractivity (Wildman–Crippen MR) is 113 cm³/mol. The summed E-state index contributed by atoms with van der Waals surface area (Å²) in [6.07, 6.45) is 1.06. The highest BCUT2D eigenvalue weighted by Gasteiger charge is 2.11. The molecule has 6 heteroatoms. The lowest BCUT2D eigenvalue weighted by molar-refractivity contribution is 0.647. The Hall–Kier alpha value is -2.68. The molecule has 2 aromatic carbocycles. The molecule has 3 aromatic rings. The molecule has 0 saturated heterocycles. The summed E-state index contributed by atoms with van der Waals surface area (Å²) in [7, 11) is 0. The number of nitrogens with zero attached hydrogens (tertiary/aromatic N) is 3. The molecule has 0 spiro atoms. The van der Waals surface area contributed by atoms with Crippen molar-refractivity contribution in [3.63, 3.8) is 0 Å². The maximum atomic E-state index is 9.43. The van der Waals surface area contributed by atoms with Gasteiger partial charge in [0.05, 0.1) is 11.4 Å². The number of nitrogens with one attached hydrogen (secondary N) is 1. The molecule has 27 heavy (non-hydrogen) atoms. The van der Waals surface area contributed by atoms with Crippen LogP contribution in [0.15, 0.2) is 59.0 Å². The average Bonchev–Trinajstić information content (AvgIpc) is 3.14. The van der Waals surface area contributed by atoms with Crippen molar-refractivity contribution in [1.82, 2.24) is 4.98 Å². The summed E-state index contributed by atoms with van der Waals surface area (Å²) >= 11 is 7.27. The molecular weight excluding hydrogens is 376 g/mol. The molecule has 0 saturated carbocycles. The molecule has 0 fully saturated rings. The zero-order valence-electron chi connectivity index (χ0n) is 15.1. The summed E-state index contributed by atoms with van der Waals surface area (Å²) in [5.74, 6) is 0.629. The molecule has 1 aromatic heterocycles. The van der Waals surface area contributed by atoms with Gasteiger partial charge in [-0.05, 0) is 42.2 Å². The summed E-state index contributed by atoms with van der Waals surface area (Å²) < 4.78 is 0. The van der Waals surface area contributed by atoms with Crippen LogP contribution < -0.4 is 5.43 Å². The summed E-state index contributed by atoms with van der Waals surface area (Å²) in [6.45, 7) is 4.42. The Morgan fingerprint density at radius 1 is 1.19 bits per heavy atom. The van der Waals surface area contributed by atoms with Crippen LogP contribution in [-0.2, 0) is 6.42 Å². The number of rotatable bonds is 6. The summed E-state index contributed by atoms with van der Waals surface area (Å²) in [5.41, 5.74) is 7.07. The Kier molecular flexibility index (Phi) is 6.23. The van der Waals surface area contributed by atoms with Crippen LogP contribution >= 0.6 is 22.9 Å². The standard InChI is InChI=1S/C21H19ClN4S/c1-14(2)11-15-3-5-16(6-4-15)20-13-27-21(24-20)19(12-23)26-25-18-9-7-17(22)8-10-18/h3-10,13-14,25H,11H2,1-2H3/b26-19+. The van der Waals surface area contributed by atoms with Crippen LogP contribution in [0.4, 0.5) is 5.69 Å². The molecule has 0 bridgehead atoms. The molecule has 1 heterocycles. The van der Waals surface area contributed by atoms with Crippen molar-refractivity contribution in [3.8, 4) is 17.3 Å². The number of benzene rings is 2. The third kappa shape index (κ3) is 5.16. The predicted octanol–water partition coefficient (Wildman–Crippen LogP) is 6.00. The molecule has 0 atom stereocenters. The van der Waals surface area contributed by atoms with Crippen molar-refractivity contribution < 1.29 is 0 Å². The first-order valence-electron chi connectivity index (χ1n) is 8.59. The van der Waals surface area contributed by atoms with Crippen LogP contribution in [0.3, 0.4) is 0 Å². The lowest BCUT2D eigenvalue weighted by atomic mass is 10.0. The number of hydrazone groups is 1. The monoisotopic (exact) mass is 394 g/mol. The maximum absolute atomic E-state index is 9.43. The molecule has 0 aliphatic rings. The Labute approximate surface area is 168 Å². The minimum Gasteiger partial charge on any atom is -0.277 e. The van der Waals surface area contributed by atoms with Crippen molar-refractivity contribution in [1.29, 1.82) is 5.26 Å². The van der Waals surface area contributed by atoms with E-state index < -0.39 is 0 Å². The van der Waals surface area contributed by atoms with E-state index in [2.05, 4.69) is 59.7 Å². The van der Waals surface area contributed by atoms with E-state index in [1.54, 1.807) is 24.3 Å². The Bertz CT molecular complexity index is 967. The second kappa shape index (κ2) is 8.81. The highest BCUT2D eigenvalue weighted by atomic mass is 35.5. The van der Waals surface area contributed by atoms with Gasteiger partial charge in [0, 0.05) is 16.0 Å². The summed E-state index contributed by atoms with van der Waals surface area (Å²) in [4.78, 5) is 4.57. The molecule has 136 valence electrons. The van der Waals surface area contributed by atoms with Crippen LogP contribution in [-0.4, -0.2) is 10.7 Å². The first-order valence-corrected chi connectivity index (χ1v) is 9.85. The smallest absolute Gasteiger partial charge is 0.196 e. The Morgan fingerprint density at radius 2 is 1.89 bits per heavy atom. The van der Waals surface area contributed by atoms with Gasteiger partial charge in [-0.3, -0.25) is 5.43 Å². The van der Waals surface area contributed by atoms with Crippen LogP contribution in [0.25, 0.3) is 11.3 Å². The van der Waals surface area contributed by atoms with Gasteiger partial charge in [0.25, 0.3) is 0 Å². The van der Waals surface area contributed by atoms with Gasteiger partial charge in [-0.15, -0.1) is 11.3 Å². The lowest BCUT2D eigenvalue weighted by Crippen LogP contribution is -2.01. The van der Waals surface area contributed by atoms with E-state index in [9.17, 15) is 5.26 Å². The number of nitriles is 1. The van der Waals surface area contributed by atoms with Gasteiger partial charge in [-0.25, -0.2) is 4.98 Å². The van der Waals surface area contributed by atoms with Crippen LogP contribution in [0.2, 0.25) is 5.02 Å². The van der Waals surface area contributed by atoms with Crippen molar-refractivity contribution >= 4 is 34.3 Å². The Morgan fingerprint density at radius 3 is 2.52 bits per heavy atom. The fourth-order valence-corrected chi connectivity index (χ4v) is 3.46. The van der Waals surface area contributed by atoms with Crippen LogP contribution in [0.1, 0.15) is 24.4 Å². The number of halogens is 1. The van der Waals surface area contributed by atoms with Crippen LogP contribution in [0, 0.1) is 17.2 Å². The Balaban J connectivity index is 1.75. The van der Waals surface area contributed by atoms with E-state index in [-0.39, 0.29) is 5.71 Å². The fraction of sp³-hybridized carbons (Fsp3) is 0.190. The first kappa shape index (κ1) is 19.1. The van der Waals surface area contributed by atoms with E-state index in [4.69, 9.17) is 11.6 Å². The quantitative estimate of drug-likeness (QED) is 0.411. The maximum Gasteiger partial charge on any atom is 0.196 e. The van der Waals surface area contributed by atoms with Gasteiger partial charge < -0.3 is 0 Å². The van der Waals surface area contributed by atoms with Crippen molar-refractivity contribution in [2.24, 2.45) is 11.0 Å². The number of thiazole rings is 1. The zero-order chi connectivity index (χ0) is 19.2. The highest BCUT2D eigenvalue weighted by molar-refractivity contribution is 7.12. The topological polar surface area (TPSA) is 61.1 Å². The van der Waals surface area contributed by atoms with Crippen molar-refractivity contribution in [2.75, 3.05) is 5.43 Å². The van der Waals surface area contributed by atoms with Gasteiger partial charge in [-0.2, -0.15) is 10.4 Å². The molecule has 0 aliphatic carbocycles. The second-order valence-electron chi connectivity index (χ2n) is 6.52. The van der Waals surface area contributed by atoms with Crippen molar-refractivity contribution in [3.05, 3.63) is 69.5 Å². The van der Waals surface area contributed by atoms with Gasteiger partial charge in [-0.1, -0.05) is 49.7 Å². The van der Waals surface area contributed by atoms with Gasteiger partial charge >= 0.3 is 0 Å². The molecule has 3 rings (SSSR count). The zero-order valence-corrected chi connectivity index (χ0v) is 16.7. The third-order valence-corrected chi connectivity index (χ3v) is 4.95. The minimum absolute atomic E-state index is 0.248. The summed E-state index contributed by atoms with van der Waals surface area (Å²) in [6, 6.07) is 17.6. The van der Waals surface area contributed by atoms with E-state index in [0.717, 1.165) is 23.4 Å². The molecule has 1 N–H and O–H groups in total. The molecule has 0 aliphatic heterocycles. The van der Waals surface area contributed by atoms with E-state index in [0.29, 0.717) is 15.9 Å². The third-order valence-electron chi connectivity index (χ3n) is 3.85. The van der Waals surface area contributed by atoms with Crippen molar-refractivity contribution in [2.45, 2.75) is 20.3 Å². The highest BCUT2D eigenvalue weighted by Crippen LogP contribution is 2.23. The summed E-state index contributed by atoms with van der Waals surface area (Å²) in [5, 5.41) is 16.8. The van der Waals surface area contributed by atoms with Crippen LogP contribution in [0.5, 0.6) is 0 Å². The molecule has 0 amide bonds.